The maximum absolute atomic E-state index is 13.5. The first kappa shape index (κ1) is 27.4. The molecule has 3 aromatic rings. The van der Waals surface area contributed by atoms with E-state index in [9.17, 15) is 18.0 Å². The summed E-state index contributed by atoms with van der Waals surface area (Å²) in [5, 5.41) is 2.96. The van der Waals surface area contributed by atoms with Crippen LogP contribution in [0.25, 0.3) is 5.57 Å². The van der Waals surface area contributed by atoms with E-state index in [-0.39, 0.29) is 38.8 Å². The maximum Gasteiger partial charge on any atom is 0.433 e. The van der Waals surface area contributed by atoms with Crippen LogP contribution < -0.4 is 10.1 Å². The minimum atomic E-state index is -4.80. The van der Waals surface area contributed by atoms with Gasteiger partial charge in [0.25, 0.3) is 0 Å². The summed E-state index contributed by atoms with van der Waals surface area (Å²) in [7, 11) is 2.56. The van der Waals surface area contributed by atoms with E-state index in [1.54, 1.807) is 24.3 Å². The molecule has 36 heavy (non-hydrogen) atoms. The van der Waals surface area contributed by atoms with Gasteiger partial charge < -0.3 is 19.5 Å². The average Bonchev–Trinajstić information content (AvgIpc) is 2.83. The number of nitrogens with one attached hydrogen (secondary N) is 1. The molecule has 0 aliphatic carbocycles. The maximum atomic E-state index is 13.5. The molecule has 0 aliphatic rings. The molecule has 7 nitrogen and oxygen atoms in total. The zero-order chi connectivity index (χ0) is 26.5. The van der Waals surface area contributed by atoms with Gasteiger partial charge in [-0.15, -0.1) is 0 Å². The largest absolute Gasteiger partial charge is 0.503 e. The van der Waals surface area contributed by atoms with Crippen LogP contribution in [0.4, 0.5) is 24.8 Å². The van der Waals surface area contributed by atoms with Crippen LogP contribution in [0.1, 0.15) is 16.8 Å². The standard InChI is InChI=1S/C23H17Cl3F3N3O4/c1-34-11-14(21(33)35-2)13-6-4-3-5-12(13)10-36-20-9-19(23(27,28)29)31-22(32-20)30-18-8-16(25)15(24)7-17(18)26/h3-9,11H,10H2,1-2H3,(H,30,31,32)/b14-11+. The molecule has 0 saturated heterocycles. The van der Waals surface area contributed by atoms with Crippen molar-refractivity contribution in [2.45, 2.75) is 12.8 Å². The number of alkyl halides is 3. The molecule has 3 rings (SSSR count). The number of esters is 1. The van der Waals surface area contributed by atoms with E-state index >= 15 is 0 Å². The second kappa shape index (κ2) is 11.7. The highest BCUT2D eigenvalue weighted by atomic mass is 35.5. The van der Waals surface area contributed by atoms with Crippen LogP contribution in [-0.2, 0) is 27.1 Å². The lowest BCUT2D eigenvalue weighted by molar-refractivity contribution is -0.141. The second-order valence-corrected chi connectivity index (χ2v) is 8.21. The quantitative estimate of drug-likeness (QED) is 0.138. The Kier molecular flexibility index (Phi) is 8.89. The number of hydrogen-bond donors (Lipinski definition) is 1. The number of aromatic nitrogens is 2. The molecule has 0 unspecified atom stereocenters. The number of anilines is 2. The number of methoxy groups -OCH3 is 2. The Morgan fingerprint density at radius 2 is 1.72 bits per heavy atom. The number of rotatable bonds is 8. The zero-order valence-electron chi connectivity index (χ0n) is 18.6. The van der Waals surface area contributed by atoms with Crippen molar-refractivity contribution in [1.29, 1.82) is 0 Å². The summed E-state index contributed by atoms with van der Waals surface area (Å²) in [5.74, 6) is -1.50. The summed E-state index contributed by atoms with van der Waals surface area (Å²) in [4.78, 5) is 19.7. The van der Waals surface area contributed by atoms with Crippen molar-refractivity contribution in [2.75, 3.05) is 19.5 Å². The molecule has 1 aromatic heterocycles. The molecule has 1 N–H and O–H groups in total. The van der Waals surface area contributed by atoms with E-state index in [0.29, 0.717) is 17.2 Å². The van der Waals surface area contributed by atoms with Crippen molar-refractivity contribution >= 4 is 58.0 Å². The molecule has 0 amide bonds. The van der Waals surface area contributed by atoms with Crippen molar-refractivity contribution in [3.8, 4) is 5.88 Å². The van der Waals surface area contributed by atoms with Crippen LogP contribution in [0.3, 0.4) is 0 Å². The molecular formula is C23H17Cl3F3N3O4. The summed E-state index contributed by atoms with van der Waals surface area (Å²) in [6, 6.07) is 9.87. The van der Waals surface area contributed by atoms with Crippen LogP contribution in [0.5, 0.6) is 5.88 Å². The van der Waals surface area contributed by atoms with Gasteiger partial charge in [0.2, 0.25) is 11.8 Å². The summed E-state index contributed by atoms with van der Waals surface area (Å²) in [6.07, 6.45) is -3.60. The highest BCUT2D eigenvalue weighted by Crippen LogP contribution is 2.35. The Bertz CT molecular complexity index is 1300. The first-order chi connectivity index (χ1) is 17.0. The molecule has 2 aromatic carbocycles. The van der Waals surface area contributed by atoms with Crippen LogP contribution >= 0.6 is 34.8 Å². The van der Waals surface area contributed by atoms with Gasteiger partial charge in [0.1, 0.15) is 12.2 Å². The van der Waals surface area contributed by atoms with Crippen molar-refractivity contribution in [2.24, 2.45) is 0 Å². The minimum absolute atomic E-state index is 0.0853. The van der Waals surface area contributed by atoms with Crippen LogP contribution in [0.15, 0.2) is 48.7 Å². The van der Waals surface area contributed by atoms with E-state index in [2.05, 4.69) is 15.3 Å². The van der Waals surface area contributed by atoms with Gasteiger partial charge in [-0.2, -0.15) is 18.2 Å². The van der Waals surface area contributed by atoms with E-state index < -0.39 is 23.8 Å². The Morgan fingerprint density at radius 3 is 2.39 bits per heavy atom. The third-order valence-electron chi connectivity index (χ3n) is 4.57. The zero-order valence-corrected chi connectivity index (χ0v) is 20.9. The number of hydrogen-bond acceptors (Lipinski definition) is 7. The van der Waals surface area contributed by atoms with Gasteiger partial charge in [0.05, 0.1) is 41.2 Å². The molecule has 0 aliphatic heterocycles. The van der Waals surface area contributed by atoms with E-state index in [1.165, 1.54) is 32.6 Å². The Hall–Kier alpha value is -3.21. The van der Waals surface area contributed by atoms with Crippen LogP contribution in [0, 0.1) is 0 Å². The second-order valence-electron chi connectivity index (χ2n) is 6.99. The van der Waals surface area contributed by atoms with E-state index in [1.807, 2.05) is 0 Å². The fourth-order valence-electron chi connectivity index (χ4n) is 2.95. The minimum Gasteiger partial charge on any atom is -0.503 e. The number of benzene rings is 2. The molecule has 13 heteroatoms. The lowest BCUT2D eigenvalue weighted by Gasteiger charge is -2.15. The van der Waals surface area contributed by atoms with Gasteiger partial charge in [0.15, 0.2) is 5.69 Å². The monoisotopic (exact) mass is 561 g/mol. The average molecular weight is 563 g/mol. The van der Waals surface area contributed by atoms with Crippen molar-refractivity contribution in [1.82, 2.24) is 9.97 Å². The number of ether oxygens (including phenoxy) is 3. The fourth-order valence-corrected chi connectivity index (χ4v) is 3.54. The van der Waals surface area contributed by atoms with E-state index in [0.717, 1.165) is 0 Å². The van der Waals surface area contributed by atoms with Gasteiger partial charge in [-0.05, 0) is 23.3 Å². The number of carbonyl (C=O) groups is 1. The predicted molar refractivity (Wildman–Crippen MR) is 130 cm³/mol. The SMILES string of the molecule is CO/C=C(/C(=O)OC)c1ccccc1COc1cc(C(F)(F)F)nc(Nc2cc(Cl)c(Cl)cc2Cl)n1. The molecule has 0 spiro atoms. The number of nitrogens with zero attached hydrogens (tertiary/aromatic N) is 2. The topological polar surface area (TPSA) is 82.6 Å². The van der Waals surface area contributed by atoms with Crippen LogP contribution in [-0.4, -0.2) is 30.2 Å². The van der Waals surface area contributed by atoms with E-state index in [4.69, 9.17) is 49.0 Å². The van der Waals surface area contributed by atoms with Crippen molar-refractivity contribution in [3.05, 3.63) is 80.6 Å². The predicted octanol–water partition coefficient (Wildman–Crippen LogP) is 6.94. The Morgan fingerprint density at radius 1 is 1.03 bits per heavy atom. The van der Waals surface area contributed by atoms with Gasteiger partial charge in [-0.25, -0.2) is 9.78 Å². The van der Waals surface area contributed by atoms with Gasteiger partial charge in [-0.1, -0.05) is 59.1 Å². The summed E-state index contributed by atoms with van der Waals surface area (Å²) >= 11 is 18.0. The van der Waals surface area contributed by atoms with Gasteiger partial charge in [0, 0.05) is 6.07 Å². The van der Waals surface area contributed by atoms with Crippen molar-refractivity contribution in [3.63, 3.8) is 0 Å². The highest BCUT2D eigenvalue weighted by Gasteiger charge is 2.34. The molecule has 1 heterocycles. The molecule has 0 bridgehead atoms. The smallest absolute Gasteiger partial charge is 0.433 e. The van der Waals surface area contributed by atoms with Gasteiger partial charge >= 0.3 is 12.1 Å². The third-order valence-corrected chi connectivity index (χ3v) is 5.61. The third kappa shape index (κ3) is 6.71. The molecule has 190 valence electrons. The molecular weight excluding hydrogens is 546 g/mol. The molecule has 0 saturated carbocycles. The summed E-state index contributed by atoms with van der Waals surface area (Å²) in [6.45, 7) is -0.241. The van der Waals surface area contributed by atoms with Crippen molar-refractivity contribution < 1.29 is 32.2 Å². The Balaban J connectivity index is 1.95. The number of carbonyl (C=O) groups excluding carboxylic acids is 1. The summed E-state index contributed by atoms with van der Waals surface area (Å²) < 4.78 is 55.9. The molecule has 0 atom stereocenters. The summed E-state index contributed by atoms with van der Waals surface area (Å²) in [5.41, 5.74) is -0.171. The lowest BCUT2D eigenvalue weighted by atomic mass is 10.0. The first-order valence-electron chi connectivity index (χ1n) is 9.93. The Labute approximate surface area is 218 Å². The molecule has 0 fully saturated rings. The fraction of sp³-hybridized carbons (Fsp3) is 0.174. The van der Waals surface area contributed by atoms with Gasteiger partial charge in [-0.3, -0.25) is 0 Å². The van der Waals surface area contributed by atoms with Crippen LogP contribution in [0.2, 0.25) is 15.1 Å². The highest BCUT2D eigenvalue weighted by molar-refractivity contribution is 6.44. The normalized spacial score (nSPS) is 11.7. The molecule has 0 radical (unpaired) electrons. The number of halogens is 6. The lowest BCUT2D eigenvalue weighted by Crippen LogP contribution is -2.12. The first-order valence-corrected chi connectivity index (χ1v) is 11.1.